The smallest absolute Gasteiger partial charge is 0.326 e. The predicted octanol–water partition coefficient (Wildman–Crippen LogP) is 3.98. The molecule has 0 radical (unpaired) electrons. The van der Waals surface area contributed by atoms with Crippen LogP contribution in [0.2, 0.25) is 0 Å². The van der Waals surface area contributed by atoms with Crippen LogP contribution in [0.1, 0.15) is 86.5 Å². The number of unbranched alkanes of at least 4 members (excludes halogenated alkanes) is 1. The Kier molecular flexibility index (Phi) is 16.0. The number of ether oxygens (including phenoxy) is 3. The molecule has 0 aromatic carbocycles. The van der Waals surface area contributed by atoms with Gasteiger partial charge in [0.1, 0.15) is 6.04 Å². The molecule has 0 spiro atoms. The van der Waals surface area contributed by atoms with E-state index in [4.69, 9.17) is 14.2 Å². The summed E-state index contributed by atoms with van der Waals surface area (Å²) in [6.45, 7) is 15.6. The summed E-state index contributed by atoms with van der Waals surface area (Å²) >= 11 is 0. The summed E-state index contributed by atoms with van der Waals surface area (Å²) in [6.07, 6.45) is 9.92. The lowest BCUT2D eigenvalue weighted by atomic mass is 9.85. The topological polar surface area (TPSA) is 153 Å². The zero-order valence-electron chi connectivity index (χ0n) is 31.2. The van der Waals surface area contributed by atoms with Crippen LogP contribution in [0, 0.1) is 17.8 Å². The highest BCUT2D eigenvalue weighted by Crippen LogP contribution is 2.47. The first-order valence-corrected chi connectivity index (χ1v) is 18.3. The molecule has 3 fully saturated rings. The van der Waals surface area contributed by atoms with Crippen molar-refractivity contribution in [3.63, 3.8) is 0 Å². The normalized spacial score (nSPS) is 29.6. The summed E-state index contributed by atoms with van der Waals surface area (Å²) in [5.41, 5.74) is 0.903. The fraction of sp³-hybridized carbons (Fsp3) is 0.811. The van der Waals surface area contributed by atoms with Crippen LogP contribution in [0.5, 0.6) is 0 Å². The lowest BCUT2D eigenvalue weighted by Gasteiger charge is -2.35. The van der Waals surface area contributed by atoms with Gasteiger partial charge in [-0.15, -0.1) is 0 Å². The SMILES string of the molecule is CO[C@H]([C@@H](C)[C@H]1O[C@@]1(C)C[C@H](C)/C=C/C=C(\C)[C@H]1O[C@@H](CC(=O)NCCCC[C@H](NC(=O)N2CCN(C)CC2)C(=O)O)CC[C@@H]1C)[C@@H](C)O. The van der Waals surface area contributed by atoms with Gasteiger partial charge in [0.15, 0.2) is 0 Å². The Morgan fingerprint density at radius 1 is 1.10 bits per heavy atom. The van der Waals surface area contributed by atoms with E-state index in [1.807, 2.05) is 7.05 Å². The predicted molar refractivity (Wildman–Crippen MR) is 189 cm³/mol. The molecule has 3 aliphatic rings. The Hall–Kier alpha value is -2.51. The summed E-state index contributed by atoms with van der Waals surface area (Å²) in [5.74, 6) is -0.367. The van der Waals surface area contributed by atoms with Gasteiger partial charge >= 0.3 is 12.0 Å². The molecule has 3 aliphatic heterocycles. The van der Waals surface area contributed by atoms with E-state index in [1.165, 1.54) is 0 Å². The van der Waals surface area contributed by atoms with Crippen molar-refractivity contribution < 1.29 is 38.8 Å². The Balaban J connectivity index is 1.37. The summed E-state index contributed by atoms with van der Waals surface area (Å²) < 4.78 is 18.0. The molecule has 0 aromatic heterocycles. The van der Waals surface area contributed by atoms with Crippen LogP contribution in [-0.2, 0) is 23.8 Å². The lowest BCUT2D eigenvalue weighted by Crippen LogP contribution is -2.53. The number of rotatable bonds is 18. The Bertz CT molecular complexity index is 1140. The van der Waals surface area contributed by atoms with Gasteiger partial charge in [-0.1, -0.05) is 39.0 Å². The fourth-order valence-electron chi connectivity index (χ4n) is 7.51. The summed E-state index contributed by atoms with van der Waals surface area (Å²) in [4.78, 5) is 40.8. The highest BCUT2D eigenvalue weighted by Gasteiger charge is 2.56. The second-order valence-corrected chi connectivity index (χ2v) is 15.0. The van der Waals surface area contributed by atoms with Gasteiger partial charge in [-0.3, -0.25) is 4.79 Å². The number of aliphatic carboxylic acids is 1. The molecule has 12 nitrogen and oxygen atoms in total. The number of carbonyl (C=O) groups excluding carboxylic acids is 2. The number of nitrogens with zero attached hydrogens (tertiary/aromatic N) is 2. The van der Waals surface area contributed by atoms with E-state index in [2.05, 4.69) is 68.4 Å². The molecule has 0 bridgehead atoms. The molecule has 3 heterocycles. The fourth-order valence-corrected chi connectivity index (χ4v) is 7.51. The maximum atomic E-state index is 12.7. The Labute approximate surface area is 294 Å². The van der Waals surface area contributed by atoms with Gasteiger partial charge in [0.25, 0.3) is 0 Å². The first-order chi connectivity index (χ1) is 23.1. The number of aliphatic hydroxyl groups excluding tert-OH is 1. The number of hydrogen-bond acceptors (Lipinski definition) is 8. The van der Waals surface area contributed by atoms with Crippen LogP contribution in [0.25, 0.3) is 0 Å². The monoisotopic (exact) mass is 692 g/mol. The number of carboxylic acids is 1. The number of carboxylic acid groups (broad SMARTS) is 1. The lowest BCUT2D eigenvalue weighted by molar-refractivity contribution is -0.139. The third-order valence-corrected chi connectivity index (χ3v) is 10.5. The van der Waals surface area contributed by atoms with E-state index in [0.29, 0.717) is 57.2 Å². The molecule has 3 saturated heterocycles. The van der Waals surface area contributed by atoms with E-state index in [-0.39, 0.29) is 47.9 Å². The molecular weight excluding hydrogens is 628 g/mol. The van der Waals surface area contributed by atoms with Crippen LogP contribution < -0.4 is 10.6 Å². The Morgan fingerprint density at radius 2 is 1.80 bits per heavy atom. The number of likely N-dealkylation sites (N-methyl/N-ethyl adjacent to an activating group) is 1. The quantitative estimate of drug-likeness (QED) is 0.0950. The zero-order chi connectivity index (χ0) is 36.3. The highest BCUT2D eigenvalue weighted by atomic mass is 16.6. The van der Waals surface area contributed by atoms with Crippen molar-refractivity contribution >= 4 is 17.9 Å². The number of allylic oxidation sites excluding steroid dienone is 3. The van der Waals surface area contributed by atoms with Crippen LogP contribution in [0.3, 0.4) is 0 Å². The molecule has 280 valence electrons. The van der Waals surface area contributed by atoms with Crippen LogP contribution in [0.4, 0.5) is 4.79 Å². The van der Waals surface area contributed by atoms with Crippen molar-refractivity contribution in [1.29, 1.82) is 0 Å². The van der Waals surface area contributed by atoms with E-state index < -0.39 is 18.1 Å². The standard InChI is InChI=1S/C37H64N4O8/c1-24(23-37(6)34(49-37)27(4)33(47-8)28(5)42)12-11-13-25(2)32-26(3)15-16-29(48-32)22-31(43)38-17-10-9-14-30(35(44)45)39-36(46)41-20-18-40(7)19-21-41/h11-13,24,26-30,32-34,42H,9-10,14-23H2,1-8H3,(H,38,43)(H,39,46)(H,44,45)/b12-11+,25-13+/t24-,26+,27-,28-,29-,30+,32-,33-,34-,37+/m1/s1. The van der Waals surface area contributed by atoms with E-state index in [9.17, 15) is 24.6 Å². The average Bonchev–Trinajstić information content (AvgIpc) is 3.71. The number of carbonyl (C=O) groups is 3. The number of methoxy groups -OCH3 is 1. The zero-order valence-corrected chi connectivity index (χ0v) is 31.2. The Morgan fingerprint density at radius 3 is 2.43 bits per heavy atom. The second-order valence-electron chi connectivity index (χ2n) is 15.0. The van der Waals surface area contributed by atoms with Crippen LogP contribution >= 0.6 is 0 Å². The molecule has 0 aliphatic carbocycles. The van der Waals surface area contributed by atoms with Gasteiger partial charge in [0.2, 0.25) is 5.91 Å². The number of amides is 3. The number of urea groups is 1. The summed E-state index contributed by atoms with van der Waals surface area (Å²) in [7, 11) is 3.63. The van der Waals surface area contributed by atoms with Crippen molar-refractivity contribution in [3.8, 4) is 0 Å². The van der Waals surface area contributed by atoms with Crippen molar-refractivity contribution in [2.45, 2.75) is 129 Å². The molecular formula is C37H64N4O8. The summed E-state index contributed by atoms with van der Waals surface area (Å²) in [5, 5.41) is 25.3. The molecule has 0 saturated carbocycles. The second kappa shape index (κ2) is 19.2. The van der Waals surface area contributed by atoms with E-state index >= 15 is 0 Å². The van der Waals surface area contributed by atoms with Crippen molar-refractivity contribution in [2.75, 3.05) is 46.9 Å². The van der Waals surface area contributed by atoms with Crippen molar-refractivity contribution in [3.05, 3.63) is 23.8 Å². The maximum absolute atomic E-state index is 12.7. The largest absolute Gasteiger partial charge is 0.480 e. The molecule has 4 N–H and O–H groups in total. The van der Waals surface area contributed by atoms with Gasteiger partial charge in [0.05, 0.1) is 42.5 Å². The van der Waals surface area contributed by atoms with Gasteiger partial charge in [0, 0.05) is 45.8 Å². The molecule has 0 aromatic rings. The number of epoxide rings is 1. The third-order valence-electron chi connectivity index (χ3n) is 10.5. The molecule has 10 atom stereocenters. The highest BCUT2D eigenvalue weighted by molar-refractivity contribution is 5.82. The van der Waals surface area contributed by atoms with Crippen molar-refractivity contribution in [2.24, 2.45) is 17.8 Å². The third kappa shape index (κ3) is 12.6. The minimum Gasteiger partial charge on any atom is -0.480 e. The molecule has 49 heavy (non-hydrogen) atoms. The van der Waals surface area contributed by atoms with E-state index in [1.54, 1.807) is 18.9 Å². The summed E-state index contributed by atoms with van der Waals surface area (Å²) in [6, 6.07) is -1.29. The van der Waals surface area contributed by atoms with E-state index in [0.717, 1.165) is 37.9 Å². The molecule has 12 heteroatoms. The number of piperazine rings is 1. The number of hydrogen-bond donors (Lipinski definition) is 4. The van der Waals surface area contributed by atoms with Gasteiger partial charge in [-0.2, -0.15) is 0 Å². The minimum absolute atomic E-state index is 0.0542. The average molecular weight is 693 g/mol. The maximum Gasteiger partial charge on any atom is 0.326 e. The van der Waals surface area contributed by atoms with Gasteiger partial charge in [-0.05, 0) is 83.8 Å². The molecule has 0 unspecified atom stereocenters. The first kappa shape index (κ1) is 40.9. The molecule has 3 amide bonds. The number of nitrogens with one attached hydrogen (secondary N) is 2. The first-order valence-electron chi connectivity index (χ1n) is 18.3. The van der Waals surface area contributed by atoms with Crippen LogP contribution in [0.15, 0.2) is 23.8 Å². The molecule has 3 rings (SSSR count). The number of aliphatic hydroxyl groups is 1. The van der Waals surface area contributed by atoms with Gasteiger partial charge in [-0.25, -0.2) is 9.59 Å². The minimum atomic E-state index is -1.05. The van der Waals surface area contributed by atoms with Crippen molar-refractivity contribution in [1.82, 2.24) is 20.4 Å². The van der Waals surface area contributed by atoms with Crippen LogP contribution in [-0.4, -0.2) is 127 Å². The van der Waals surface area contributed by atoms with Gasteiger partial charge < -0.3 is 44.9 Å².